The van der Waals surface area contributed by atoms with Gasteiger partial charge in [0.25, 0.3) is 0 Å². The summed E-state index contributed by atoms with van der Waals surface area (Å²) in [7, 11) is 0. The summed E-state index contributed by atoms with van der Waals surface area (Å²) < 4.78 is 0. The first-order chi connectivity index (χ1) is 5.57. The molecule has 1 heterocycles. The van der Waals surface area contributed by atoms with Gasteiger partial charge < -0.3 is 0 Å². The summed E-state index contributed by atoms with van der Waals surface area (Å²) >= 11 is 11.5. The van der Waals surface area contributed by atoms with Gasteiger partial charge >= 0.3 is 5.69 Å². The lowest BCUT2D eigenvalue weighted by atomic mass is 10.2. The highest BCUT2D eigenvalue weighted by Gasteiger charge is 2.21. The molecule has 1 aromatic heterocycles. The first-order valence-corrected chi connectivity index (χ1v) is 4.00. The van der Waals surface area contributed by atoms with E-state index in [-0.39, 0.29) is 10.8 Å². The van der Waals surface area contributed by atoms with Crippen molar-refractivity contribution in [2.75, 3.05) is 0 Å². The maximum Gasteiger partial charge on any atom is 0.426 e. The second kappa shape index (κ2) is 3.26. The zero-order valence-corrected chi connectivity index (χ0v) is 8.11. The summed E-state index contributed by atoms with van der Waals surface area (Å²) in [5.74, 6) is 0. The lowest BCUT2D eigenvalue weighted by Gasteiger charge is -1.97. The third-order valence-electron chi connectivity index (χ3n) is 1.56. The van der Waals surface area contributed by atoms with Crippen molar-refractivity contribution < 1.29 is 0 Å². The van der Waals surface area contributed by atoms with Gasteiger partial charge in [0, 0.05) is 0 Å². The van der Waals surface area contributed by atoms with E-state index in [1.54, 1.807) is 13.8 Å². The number of hydrogen-bond acceptors (Lipinski definition) is 2. The Balaban J connectivity index is 3.54. The number of hydrogen-bond donors (Lipinski definition) is 0. The first kappa shape index (κ1) is 9.24. The quantitative estimate of drug-likeness (QED) is 0.478. The van der Waals surface area contributed by atoms with Crippen molar-refractivity contribution in [1.29, 1.82) is 5.39 Å². The van der Waals surface area contributed by atoms with Crippen LogP contribution in [0.1, 0.15) is 11.3 Å². The van der Waals surface area contributed by atoms with Crippen LogP contribution in [0.25, 0.3) is 4.98 Å². The molecule has 0 N–H and O–H groups in total. The molecule has 0 atom stereocenters. The molecule has 0 saturated carbocycles. The van der Waals surface area contributed by atoms with Crippen molar-refractivity contribution in [1.82, 2.24) is 4.98 Å². The third-order valence-corrected chi connectivity index (χ3v) is 2.38. The van der Waals surface area contributed by atoms with Gasteiger partial charge in [0.05, 0.1) is 16.3 Å². The predicted octanol–water partition coefficient (Wildman–Crippen LogP) is 3.49. The fourth-order valence-electron chi connectivity index (χ4n) is 0.896. The molecule has 0 unspecified atom stereocenters. The molecule has 1 aromatic rings. The van der Waals surface area contributed by atoms with Crippen LogP contribution in [0.15, 0.2) is 0 Å². The Morgan fingerprint density at radius 1 is 1.33 bits per heavy atom. The molecular formula is C7H6Cl2N3+. The Labute approximate surface area is 79.9 Å². The average Bonchev–Trinajstić information content (AvgIpc) is 2.01. The molecule has 1 rings (SSSR count). The second-order valence-electron chi connectivity index (χ2n) is 2.38. The summed E-state index contributed by atoms with van der Waals surface area (Å²) in [5.41, 5.74) is 1.50. The molecule has 0 aliphatic carbocycles. The van der Waals surface area contributed by atoms with Gasteiger partial charge in [-0.15, -0.1) is 0 Å². The molecule has 0 spiro atoms. The molecule has 12 heavy (non-hydrogen) atoms. The molecule has 0 aromatic carbocycles. The standard InChI is InChI=1S/C7H6Cl2N3/c1-3-5(8)4(2)11-7(9)6(3)12-10/h1-2H3/q+1. The van der Waals surface area contributed by atoms with E-state index >= 15 is 0 Å². The van der Waals surface area contributed by atoms with Crippen LogP contribution in [-0.4, -0.2) is 4.98 Å². The molecule has 0 aliphatic rings. The van der Waals surface area contributed by atoms with Crippen LogP contribution in [0.4, 0.5) is 5.69 Å². The summed E-state index contributed by atoms with van der Waals surface area (Å²) in [6.45, 7) is 3.46. The Morgan fingerprint density at radius 3 is 2.42 bits per heavy atom. The van der Waals surface area contributed by atoms with E-state index in [0.717, 1.165) is 0 Å². The number of rotatable bonds is 0. The number of aryl methyl sites for hydroxylation is 1. The van der Waals surface area contributed by atoms with Crippen molar-refractivity contribution in [2.24, 2.45) is 0 Å². The zero-order chi connectivity index (χ0) is 9.30. The van der Waals surface area contributed by atoms with Crippen molar-refractivity contribution in [3.8, 4) is 0 Å². The maximum absolute atomic E-state index is 8.56. The molecule has 0 bridgehead atoms. The van der Waals surface area contributed by atoms with Crippen molar-refractivity contribution >= 4 is 28.9 Å². The molecule has 5 heteroatoms. The summed E-state index contributed by atoms with van der Waals surface area (Å²) in [4.78, 5) is 6.88. The Morgan fingerprint density at radius 2 is 1.92 bits per heavy atom. The fraction of sp³-hybridized carbons (Fsp3) is 0.286. The van der Waals surface area contributed by atoms with E-state index in [9.17, 15) is 0 Å². The van der Waals surface area contributed by atoms with Gasteiger partial charge in [-0.1, -0.05) is 23.2 Å². The number of halogens is 2. The molecule has 0 radical (unpaired) electrons. The highest BCUT2D eigenvalue weighted by Crippen LogP contribution is 2.33. The lowest BCUT2D eigenvalue weighted by Crippen LogP contribution is -1.88. The van der Waals surface area contributed by atoms with Crippen LogP contribution in [0.3, 0.4) is 0 Å². The molecule has 0 amide bonds. The monoisotopic (exact) mass is 202 g/mol. The van der Waals surface area contributed by atoms with Crippen molar-refractivity contribution in [2.45, 2.75) is 13.8 Å². The van der Waals surface area contributed by atoms with Crippen LogP contribution in [-0.2, 0) is 0 Å². The van der Waals surface area contributed by atoms with Crippen LogP contribution in [0.2, 0.25) is 10.2 Å². The van der Waals surface area contributed by atoms with Gasteiger partial charge in [-0.25, -0.2) is 4.98 Å². The maximum atomic E-state index is 8.56. The molecule has 0 saturated heterocycles. The SMILES string of the molecule is Cc1nc(Cl)c([N+]#N)c(C)c1Cl. The largest absolute Gasteiger partial charge is 0.426 e. The molecule has 3 nitrogen and oxygen atoms in total. The van der Waals surface area contributed by atoms with E-state index in [4.69, 9.17) is 28.6 Å². The normalized spacial score (nSPS) is 9.58. The highest BCUT2D eigenvalue weighted by molar-refractivity contribution is 6.35. The third kappa shape index (κ3) is 1.36. The van der Waals surface area contributed by atoms with Crippen molar-refractivity contribution in [3.63, 3.8) is 0 Å². The van der Waals surface area contributed by atoms with Crippen molar-refractivity contribution in [3.05, 3.63) is 26.4 Å². The van der Waals surface area contributed by atoms with E-state index in [0.29, 0.717) is 16.3 Å². The number of nitrogens with zero attached hydrogens (tertiary/aromatic N) is 3. The van der Waals surface area contributed by atoms with Crippen LogP contribution < -0.4 is 0 Å². The van der Waals surface area contributed by atoms with E-state index < -0.39 is 0 Å². The lowest BCUT2D eigenvalue weighted by molar-refractivity contribution is 1.18. The minimum Gasteiger partial charge on any atom is -0.232 e. The first-order valence-electron chi connectivity index (χ1n) is 3.25. The van der Waals surface area contributed by atoms with Crippen LogP contribution >= 0.6 is 23.2 Å². The Kier molecular flexibility index (Phi) is 2.51. The molecule has 62 valence electrons. The smallest absolute Gasteiger partial charge is 0.232 e. The minimum absolute atomic E-state index is 0.164. The highest BCUT2D eigenvalue weighted by atomic mass is 35.5. The summed E-state index contributed by atoms with van der Waals surface area (Å²) in [5, 5.41) is 9.20. The number of pyridine rings is 1. The molecule has 0 fully saturated rings. The molecular weight excluding hydrogens is 197 g/mol. The fourth-order valence-corrected chi connectivity index (χ4v) is 1.33. The van der Waals surface area contributed by atoms with Gasteiger partial charge in [-0.3, -0.25) is 0 Å². The van der Waals surface area contributed by atoms with Gasteiger partial charge in [0.15, 0.2) is 4.98 Å². The van der Waals surface area contributed by atoms with Gasteiger partial charge in [-0.05, 0) is 13.8 Å². The van der Waals surface area contributed by atoms with Crippen LogP contribution in [0, 0.1) is 19.2 Å². The summed E-state index contributed by atoms with van der Waals surface area (Å²) in [6.07, 6.45) is 0. The summed E-state index contributed by atoms with van der Waals surface area (Å²) in [6, 6.07) is 0. The van der Waals surface area contributed by atoms with E-state index in [2.05, 4.69) is 9.96 Å². The Bertz CT molecular complexity index is 368. The average molecular weight is 203 g/mol. The van der Waals surface area contributed by atoms with E-state index in [1.165, 1.54) is 0 Å². The number of aromatic nitrogens is 1. The van der Waals surface area contributed by atoms with Gasteiger partial charge in [-0.2, -0.15) is 0 Å². The number of diazo groups is 1. The van der Waals surface area contributed by atoms with E-state index in [1.807, 2.05) is 0 Å². The Hall–Kier alpha value is -0.850. The van der Waals surface area contributed by atoms with Gasteiger partial charge in [0.2, 0.25) is 10.5 Å². The van der Waals surface area contributed by atoms with Crippen LogP contribution in [0.5, 0.6) is 0 Å². The van der Waals surface area contributed by atoms with Gasteiger partial charge in [0.1, 0.15) is 0 Å². The minimum atomic E-state index is 0.164. The topological polar surface area (TPSA) is 41.0 Å². The zero-order valence-electron chi connectivity index (χ0n) is 6.60. The predicted molar refractivity (Wildman–Crippen MR) is 48.5 cm³/mol. The second-order valence-corrected chi connectivity index (χ2v) is 3.11. The molecule has 0 aliphatic heterocycles.